The number of carbonyl (C=O) groups is 1. The maximum Gasteiger partial charge on any atom is 0.237 e. The molecule has 0 aromatic heterocycles. The Morgan fingerprint density at radius 1 is 1.16 bits per heavy atom. The van der Waals surface area contributed by atoms with Gasteiger partial charge >= 0.3 is 0 Å². The normalized spacial score (nSPS) is 17.3. The highest BCUT2D eigenvalue weighted by Crippen LogP contribution is 2.12. The molecule has 1 aromatic rings. The molecule has 0 unspecified atom stereocenters. The monoisotopic (exact) mass is 262 g/mol. The summed E-state index contributed by atoms with van der Waals surface area (Å²) in [6.45, 7) is 7.22. The Morgan fingerprint density at radius 3 is 2.32 bits per heavy atom. The molecular formula is C15H22N2O2. The summed E-state index contributed by atoms with van der Waals surface area (Å²) in [6.07, 6.45) is 0. The van der Waals surface area contributed by atoms with Crippen molar-refractivity contribution in [2.45, 2.75) is 33.0 Å². The van der Waals surface area contributed by atoms with Crippen LogP contribution in [0.5, 0.6) is 0 Å². The average molecular weight is 262 g/mol. The number of aliphatic hydroxyl groups excluding tert-OH is 1. The molecule has 4 heteroatoms. The summed E-state index contributed by atoms with van der Waals surface area (Å²) < 4.78 is 0. The van der Waals surface area contributed by atoms with E-state index in [1.54, 1.807) is 0 Å². The lowest BCUT2D eigenvalue weighted by Crippen LogP contribution is -2.51. The summed E-state index contributed by atoms with van der Waals surface area (Å²) in [7, 11) is 0. The van der Waals surface area contributed by atoms with Gasteiger partial charge < -0.3 is 10.0 Å². The van der Waals surface area contributed by atoms with Crippen LogP contribution in [0.15, 0.2) is 24.3 Å². The van der Waals surface area contributed by atoms with Crippen molar-refractivity contribution >= 4 is 5.91 Å². The van der Waals surface area contributed by atoms with Gasteiger partial charge in [-0.3, -0.25) is 9.69 Å². The third-order valence-corrected chi connectivity index (χ3v) is 3.66. The number of hydrogen-bond donors (Lipinski definition) is 1. The molecule has 0 spiro atoms. The zero-order valence-corrected chi connectivity index (χ0v) is 11.7. The quantitative estimate of drug-likeness (QED) is 0.887. The molecule has 1 saturated heterocycles. The SMILES string of the molecule is CC(C)N1CCN(Cc2ccc(CO)cc2)C(=O)C1. The van der Waals surface area contributed by atoms with Gasteiger partial charge in [-0.05, 0) is 25.0 Å². The largest absolute Gasteiger partial charge is 0.392 e. The van der Waals surface area contributed by atoms with E-state index in [1.165, 1.54) is 0 Å². The van der Waals surface area contributed by atoms with Crippen LogP contribution in [0.4, 0.5) is 0 Å². The predicted molar refractivity (Wildman–Crippen MR) is 74.5 cm³/mol. The fourth-order valence-corrected chi connectivity index (χ4v) is 2.31. The predicted octanol–water partition coefficient (Wildman–Crippen LogP) is 1.23. The lowest BCUT2D eigenvalue weighted by atomic mass is 10.1. The minimum absolute atomic E-state index is 0.0618. The van der Waals surface area contributed by atoms with Crippen LogP contribution in [-0.4, -0.2) is 46.5 Å². The molecule has 1 aliphatic heterocycles. The Bertz CT molecular complexity index is 428. The number of aliphatic hydroxyl groups is 1. The molecule has 4 nitrogen and oxygen atoms in total. The van der Waals surface area contributed by atoms with Crippen LogP contribution in [0.3, 0.4) is 0 Å². The van der Waals surface area contributed by atoms with Gasteiger partial charge in [-0.25, -0.2) is 0 Å². The summed E-state index contributed by atoms with van der Waals surface area (Å²) in [5.41, 5.74) is 2.02. The maximum absolute atomic E-state index is 12.1. The summed E-state index contributed by atoms with van der Waals surface area (Å²) in [4.78, 5) is 16.2. The van der Waals surface area contributed by atoms with Gasteiger partial charge in [-0.15, -0.1) is 0 Å². The van der Waals surface area contributed by atoms with Crippen LogP contribution in [0.1, 0.15) is 25.0 Å². The lowest BCUT2D eigenvalue weighted by Gasteiger charge is -2.36. The Hall–Kier alpha value is -1.39. The second-order valence-electron chi connectivity index (χ2n) is 5.35. The van der Waals surface area contributed by atoms with Crippen molar-refractivity contribution in [1.82, 2.24) is 9.80 Å². The van der Waals surface area contributed by atoms with E-state index in [-0.39, 0.29) is 12.5 Å². The number of hydrogen-bond acceptors (Lipinski definition) is 3. The van der Waals surface area contributed by atoms with Gasteiger partial charge in [0.1, 0.15) is 0 Å². The first-order chi connectivity index (χ1) is 9.10. The Kier molecular flexibility index (Phi) is 4.56. The van der Waals surface area contributed by atoms with Crippen LogP contribution < -0.4 is 0 Å². The molecule has 0 saturated carbocycles. The summed E-state index contributed by atoms with van der Waals surface area (Å²) in [6, 6.07) is 8.20. The molecule has 19 heavy (non-hydrogen) atoms. The van der Waals surface area contributed by atoms with Crippen LogP contribution in [0, 0.1) is 0 Å². The van der Waals surface area contributed by atoms with Crippen LogP contribution >= 0.6 is 0 Å². The van der Waals surface area contributed by atoms with Crippen molar-refractivity contribution in [3.8, 4) is 0 Å². The third kappa shape index (κ3) is 3.55. The molecule has 2 rings (SSSR count). The van der Waals surface area contributed by atoms with Gasteiger partial charge in [-0.1, -0.05) is 24.3 Å². The van der Waals surface area contributed by atoms with Crippen molar-refractivity contribution in [2.75, 3.05) is 19.6 Å². The van der Waals surface area contributed by atoms with Crippen molar-refractivity contribution in [1.29, 1.82) is 0 Å². The van der Waals surface area contributed by atoms with Crippen LogP contribution in [0.2, 0.25) is 0 Å². The highest BCUT2D eigenvalue weighted by molar-refractivity contribution is 5.79. The number of carbonyl (C=O) groups excluding carboxylic acids is 1. The van der Waals surface area contributed by atoms with E-state index in [9.17, 15) is 4.79 Å². The highest BCUT2D eigenvalue weighted by Gasteiger charge is 2.25. The Morgan fingerprint density at radius 2 is 1.79 bits per heavy atom. The fraction of sp³-hybridized carbons (Fsp3) is 0.533. The minimum Gasteiger partial charge on any atom is -0.392 e. The van der Waals surface area contributed by atoms with E-state index in [0.29, 0.717) is 19.1 Å². The van der Waals surface area contributed by atoms with Gasteiger partial charge in [0, 0.05) is 25.7 Å². The van der Waals surface area contributed by atoms with Gasteiger partial charge in [-0.2, -0.15) is 0 Å². The first-order valence-electron chi connectivity index (χ1n) is 6.80. The van der Waals surface area contributed by atoms with Gasteiger partial charge in [0.05, 0.1) is 13.2 Å². The molecule has 0 aliphatic carbocycles. The van der Waals surface area contributed by atoms with Gasteiger partial charge in [0.2, 0.25) is 5.91 Å². The molecule has 1 fully saturated rings. The molecule has 0 atom stereocenters. The summed E-state index contributed by atoms with van der Waals surface area (Å²) in [5.74, 6) is 0.200. The van der Waals surface area contributed by atoms with E-state index in [4.69, 9.17) is 5.11 Å². The van der Waals surface area contributed by atoms with E-state index in [2.05, 4.69) is 18.7 Å². The van der Waals surface area contributed by atoms with Gasteiger partial charge in [0.15, 0.2) is 0 Å². The summed E-state index contributed by atoms with van der Waals surface area (Å²) >= 11 is 0. The van der Waals surface area contributed by atoms with E-state index in [1.807, 2.05) is 29.2 Å². The van der Waals surface area contributed by atoms with Crippen molar-refractivity contribution in [3.63, 3.8) is 0 Å². The second-order valence-corrected chi connectivity index (χ2v) is 5.35. The van der Waals surface area contributed by atoms with Crippen LogP contribution in [0.25, 0.3) is 0 Å². The molecule has 1 N–H and O–H groups in total. The Labute approximate surface area is 114 Å². The van der Waals surface area contributed by atoms with Gasteiger partial charge in [0.25, 0.3) is 0 Å². The molecule has 0 bridgehead atoms. The molecule has 0 radical (unpaired) electrons. The zero-order chi connectivity index (χ0) is 13.8. The fourth-order valence-electron chi connectivity index (χ4n) is 2.31. The van der Waals surface area contributed by atoms with Crippen molar-refractivity contribution < 1.29 is 9.90 Å². The molecule has 1 aromatic carbocycles. The molecular weight excluding hydrogens is 240 g/mol. The first kappa shape index (κ1) is 14.0. The average Bonchev–Trinajstić information content (AvgIpc) is 2.41. The molecule has 104 valence electrons. The molecule has 1 heterocycles. The van der Waals surface area contributed by atoms with E-state index in [0.717, 1.165) is 24.2 Å². The van der Waals surface area contributed by atoms with E-state index < -0.39 is 0 Å². The number of benzene rings is 1. The number of rotatable bonds is 4. The standard InChI is InChI=1S/C15H22N2O2/c1-12(2)16-7-8-17(15(19)10-16)9-13-3-5-14(11-18)6-4-13/h3-6,12,18H,7-11H2,1-2H3. The Balaban J connectivity index is 1.94. The highest BCUT2D eigenvalue weighted by atomic mass is 16.3. The van der Waals surface area contributed by atoms with E-state index >= 15 is 0 Å². The van der Waals surface area contributed by atoms with Crippen molar-refractivity contribution in [2.24, 2.45) is 0 Å². The van der Waals surface area contributed by atoms with Crippen molar-refractivity contribution in [3.05, 3.63) is 35.4 Å². The number of piperazine rings is 1. The lowest BCUT2D eigenvalue weighted by molar-refractivity contribution is -0.137. The molecule has 1 aliphatic rings. The third-order valence-electron chi connectivity index (χ3n) is 3.66. The maximum atomic E-state index is 12.1. The topological polar surface area (TPSA) is 43.8 Å². The summed E-state index contributed by atoms with van der Waals surface area (Å²) in [5, 5.41) is 9.00. The number of nitrogens with zero attached hydrogens (tertiary/aromatic N) is 2. The first-order valence-corrected chi connectivity index (χ1v) is 6.80. The molecule has 1 amide bonds. The minimum atomic E-state index is 0.0618. The van der Waals surface area contributed by atoms with Crippen LogP contribution in [-0.2, 0) is 17.9 Å². The number of amides is 1. The zero-order valence-electron chi connectivity index (χ0n) is 11.7. The smallest absolute Gasteiger partial charge is 0.237 e. The second kappa shape index (κ2) is 6.17.